The van der Waals surface area contributed by atoms with Crippen molar-refractivity contribution in [2.24, 2.45) is 0 Å². The molecule has 0 saturated carbocycles. The fraction of sp³-hybridized carbons (Fsp3) is 0.538. The Morgan fingerprint density at radius 2 is 2.00 bits per heavy atom. The van der Waals surface area contributed by atoms with Gasteiger partial charge in [0.25, 0.3) is 0 Å². The van der Waals surface area contributed by atoms with Crippen molar-refractivity contribution in [1.82, 2.24) is 5.32 Å². The highest BCUT2D eigenvalue weighted by atomic mass is 32.2. The Morgan fingerprint density at radius 1 is 1.39 bits per heavy atom. The summed E-state index contributed by atoms with van der Waals surface area (Å²) in [6.45, 7) is 3.11. The molecule has 0 aromatic heterocycles. The number of nitrogens with one attached hydrogen (secondary N) is 1. The molecule has 1 aromatic rings. The standard InChI is InChI=1S/C13H21NO2S2/c1-13(15,10-17-2)9-14-8-11-4-6-12(7-5-11)18(3)16/h4-7,14-15H,8-10H2,1-3H3. The molecule has 1 aromatic carbocycles. The van der Waals surface area contributed by atoms with E-state index in [1.165, 1.54) is 0 Å². The lowest BCUT2D eigenvalue weighted by Gasteiger charge is -2.22. The summed E-state index contributed by atoms with van der Waals surface area (Å²) < 4.78 is 11.2. The molecular weight excluding hydrogens is 266 g/mol. The molecule has 0 saturated heterocycles. The van der Waals surface area contributed by atoms with Gasteiger partial charge in [0.15, 0.2) is 0 Å². The third-order valence-electron chi connectivity index (χ3n) is 2.55. The van der Waals surface area contributed by atoms with Crippen LogP contribution in [0.4, 0.5) is 0 Å². The van der Waals surface area contributed by atoms with Crippen molar-refractivity contribution < 1.29 is 9.32 Å². The smallest absolute Gasteiger partial charge is 0.0833 e. The minimum Gasteiger partial charge on any atom is -0.388 e. The van der Waals surface area contributed by atoms with Gasteiger partial charge in [-0.1, -0.05) is 12.1 Å². The first-order valence-electron chi connectivity index (χ1n) is 5.79. The Hall–Kier alpha value is -0.360. The molecule has 0 aliphatic heterocycles. The van der Waals surface area contributed by atoms with Gasteiger partial charge < -0.3 is 10.4 Å². The summed E-state index contributed by atoms with van der Waals surface area (Å²) in [5.74, 6) is 0.716. The van der Waals surface area contributed by atoms with Gasteiger partial charge in [-0.25, -0.2) is 0 Å². The Bertz CT molecular complexity index is 390. The van der Waals surface area contributed by atoms with E-state index in [0.29, 0.717) is 18.8 Å². The van der Waals surface area contributed by atoms with Crippen LogP contribution in [0.5, 0.6) is 0 Å². The Balaban J connectivity index is 2.42. The zero-order chi connectivity index (χ0) is 13.6. The van der Waals surface area contributed by atoms with E-state index < -0.39 is 16.4 Å². The van der Waals surface area contributed by atoms with Gasteiger partial charge in [-0.05, 0) is 30.9 Å². The largest absolute Gasteiger partial charge is 0.388 e. The number of hydrogen-bond donors (Lipinski definition) is 2. The monoisotopic (exact) mass is 287 g/mol. The second-order valence-electron chi connectivity index (χ2n) is 4.63. The van der Waals surface area contributed by atoms with Crippen molar-refractivity contribution in [3.8, 4) is 0 Å². The molecule has 0 bridgehead atoms. The molecule has 18 heavy (non-hydrogen) atoms. The van der Waals surface area contributed by atoms with Crippen LogP contribution >= 0.6 is 11.8 Å². The lowest BCUT2D eigenvalue weighted by molar-refractivity contribution is 0.0846. The molecule has 0 amide bonds. The number of rotatable bonds is 7. The second-order valence-corrected chi connectivity index (χ2v) is 6.88. The number of hydrogen-bond acceptors (Lipinski definition) is 4. The summed E-state index contributed by atoms with van der Waals surface area (Å²) in [6, 6.07) is 7.69. The average molecular weight is 287 g/mol. The van der Waals surface area contributed by atoms with Crippen molar-refractivity contribution in [2.75, 3.05) is 24.8 Å². The maximum Gasteiger partial charge on any atom is 0.0833 e. The third kappa shape index (κ3) is 5.52. The third-order valence-corrected chi connectivity index (χ3v) is 4.39. The maximum absolute atomic E-state index is 11.2. The minimum absolute atomic E-state index is 0.565. The van der Waals surface area contributed by atoms with Gasteiger partial charge in [0.05, 0.1) is 5.60 Å². The van der Waals surface area contributed by atoms with Crippen LogP contribution in [0, 0.1) is 0 Å². The predicted octanol–water partition coefficient (Wildman–Crippen LogP) is 1.63. The number of thioether (sulfide) groups is 1. The van der Waals surface area contributed by atoms with Crippen LogP contribution < -0.4 is 5.32 Å². The zero-order valence-corrected chi connectivity index (χ0v) is 12.7. The average Bonchev–Trinajstić information content (AvgIpc) is 2.29. The van der Waals surface area contributed by atoms with Gasteiger partial charge >= 0.3 is 0 Å². The van der Waals surface area contributed by atoms with E-state index in [1.807, 2.05) is 37.4 Å². The van der Waals surface area contributed by atoms with E-state index in [9.17, 15) is 9.32 Å². The Labute approximate surface area is 116 Å². The van der Waals surface area contributed by atoms with E-state index in [2.05, 4.69) is 5.32 Å². The van der Waals surface area contributed by atoms with Crippen LogP contribution in [0.15, 0.2) is 29.2 Å². The molecule has 2 atom stereocenters. The van der Waals surface area contributed by atoms with Crippen LogP contribution in [0.2, 0.25) is 0 Å². The molecule has 2 unspecified atom stereocenters. The lowest BCUT2D eigenvalue weighted by atomic mass is 10.1. The lowest BCUT2D eigenvalue weighted by Crippen LogP contribution is -2.39. The fourth-order valence-electron chi connectivity index (χ4n) is 1.64. The highest BCUT2D eigenvalue weighted by Gasteiger charge is 2.18. The van der Waals surface area contributed by atoms with Crippen molar-refractivity contribution in [3.63, 3.8) is 0 Å². The van der Waals surface area contributed by atoms with Crippen LogP contribution in [0.3, 0.4) is 0 Å². The van der Waals surface area contributed by atoms with E-state index in [0.717, 1.165) is 10.5 Å². The highest BCUT2D eigenvalue weighted by molar-refractivity contribution is 7.98. The molecule has 1 rings (SSSR count). The molecule has 2 N–H and O–H groups in total. The molecule has 5 heteroatoms. The van der Waals surface area contributed by atoms with Gasteiger partial charge in [0, 0.05) is 40.8 Å². The molecular formula is C13H21NO2S2. The molecule has 102 valence electrons. The quantitative estimate of drug-likeness (QED) is 0.800. The normalized spacial score (nSPS) is 16.2. The second kappa shape index (κ2) is 7.28. The van der Waals surface area contributed by atoms with Crippen LogP contribution in [0.25, 0.3) is 0 Å². The topological polar surface area (TPSA) is 49.3 Å². The first-order valence-corrected chi connectivity index (χ1v) is 8.74. The summed E-state index contributed by atoms with van der Waals surface area (Å²) in [5.41, 5.74) is 0.453. The first kappa shape index (κ1) is 15.7. The molecule has 0 aliphatic carbocycles. The van der Waals surface area contributed by atoms with Gasteiger partial charge in [-0.2, -0.15) is 11.8 Å². The van der Waals surface area contributed by atoms with Crippen molar-refractivity contribution in [2.45, 2.75) is 24.0 Å². The molecule has 0 aliphatic rings. The van der Waals surface area contributed by atoms with E-state index >= 15 is 0 Å². The van der Waals surface area contributed by atoms with Gasteiger partial charge in [0.2, 0.25) is 0 Å². The van der Waals surface area contributed by atoms with Crippen molar-refractivity contribution in [1.29, 1.82) is 0 Å². The molecule has 0 fully saturated rings. The summed E-state index contributed by atoms with van der Waals surface area (Å²) >= 11 is 1.64. The Morgan fingerprint density at radius 3 is 2.50 bits per heavy atom. The van der Waals surface area contributed by atoms with Crippen LogP contribution in [0.1, 0.15) is 12.5 Å². The van der Waals surface area contributed by atoms with E-state index in [-0.39, 0.29) is 0 Å². The van der Waals surface area contributed by atoms with Gasteiger partial charge in [-0.15, -0.1) is 0 Å². The SMILES string of the molecule is CSCC(C)(O)CNCc1ccc(S(C)=O)cc1. The van der Waals surface area contributed by atoms with Gasteiger partial charge in [0.1, 0.15) is 0 Å². The summed E-state index contributed by atoms with van der Waals surface area (Å²) in [4.78, 5) is 0.841. The highest BCUT2D eigenvalue weighted by Crippen LogP contribution is 2.10. The minimum atomic E-state index is -0.923. The zero-order valence-electron chi connectivity index (χ0n) is 11.1. The summed E-state index contributed by atoms with van der Waals surface area (Å²) in [6.07, 6.45) is 3.66. The fourth-order valence-corrected chi connectivity index (χ4v) is 2.88. The maximum atomic E-state index is 11.2. The molecule has 0 heterocycles. The van der Waals surface area contributed by atoms with E-state index in [4.69, 9.17) is 0 Å². The van der Waals surface area contributed by atoms with Crippen LogP contribution in [-0.4, -0.2) is 39.7 Å². The predicted molar refractivity (Wildman–Crippen MR) is 79.5 cm³/mol. The first-order chi connectivity index (χ1) is 8.44. The number of benzene rings is 1. The molecule has 0 radical (unpaired) electrons. The number of aliphatic hydroxyl groups is 1. The summed E-state index contributed by atoms with van der Waals surface area (Å²) in [7, 11) is -0.923. The molecule has 3 nitrogen and oxygen atoms in total. The summed E-state index contributed by atoms with van der Waals surface area (Å²) in [5, 5.41) is 13.2. The van der Waals surface area contributed by atoms with Crippen molar-refractivity contribution >= 4 is 22.6 Å². The molecule has 0 spiro atoms. The van der Waals surface area contributed by atoms with E-state index in [1.54, 1.807) is 18.0 Å². The van der Waals surface area contributed by atoms with Gasteiger partial charge in [-0.3, -0.25) is 4.21 Å². The van der Waals surface area contributed by atoms with Crippen LogP contribution in [-0.2, 0) is 17.3 Å². The van der Waals surface area contributed by atoms with Crippen molar-refractivity contribution in [3.05, 3.63) is 29.8 Å². The Kier molecular flexibility index (Phi) is 6.35.